The zero-order valence-corrected chi connectivity index (χ0v) is 9.59. The fourth-order valence-electron chi connectivity index (χ4n) is 1.59. The quantitative estimate of drug-likeness (QED) is 0.653. The summed E-state index contributed by atoms with van der Waals surface area (Å²) < 4.78 is 5.33. The fraction of sp³-hybridized carbons (Fsp3) is 0.909. The van der Waals surface area contributed by atoms with E-state index in [0.717, 1.165) is 19.4 Å². The van der Waals surface area contributed by atoms with Gasteiger partial charge in [0.25, 0.3) is 0 Å². The number of hydrogen-bond acceptors (Lipinski definition) is 3. The van der Waals surface area contributed by atoms with Crippen molar-refractivity contribution in [1.82, 2.24) is 5.32 Å². The molecule has 2 atom stereocenters. The van der Waals surface area contributed by atoms with Crippen LogP contribution in [0.2, 0.25) is 0 Å². The van der Waals surface area contributed by atoms with Crippen molar-refractivity contribution in [1.29, 1.82) is 0 Å². The van der Waals surface area contributed by atoms with Crippen LogP contribution in [0.3, 0.4) is 0 Å². The van der Waals surface area contributed by atoms with Crippen molar-refractivity contribution >= 4 is 5.97 Å². The van der Waals surface area contributed by atoms with Gasteiger partial charge >= 0.3 is 5.97 Å². The number of carbonyl (C=O) groups is 1. The molecular formula is C11H21NO2. The lowest BCUT2D eigenvalue weighted by Crippen LogP contribution is -2.42. The number of nitrogens with one attached hydrogen (secondary N) is 1. The van der Waals surface area contributed by atoms with Crippen molar-refractivity contribution in [2.45, 2.75) is 52.2 Å². The minimum atomic E-state index is -0.361. The monoisotopic (exact) mass is 199 g/mol. The van der Waals surface area contributed by atoms with Gasteiger partial charge in [-0.25, -0.2) is 0 Å². The highest BCUT2D eigenvalue weighted by molar-refractivity contribution is 5.73. The van der Waals surface area contributed by atoms with Crippen LogP contribution in [0, 0.1) is 5.92 Å². The highest BCUT2D eigenvalue weighted by Gasteiger charge is 2.28. The lowest BCUT2D eigenvalue weighted by atomic mass is 9.95. The van der Waals surface area contributed by atoms with Crippen molar-refractivity contribution in [2.24, 2.45) is 5.92 Å². The summed E-state index contributed by atoms with van der Waals surface area (Å²) in [6, 6.07) is 0.536. The highest BCUT2D eigenvalue weighted by Crippen LogP contribution is 2.18. The fourth-order valence-corrected chi connectivity index (χ4v) is 1.59. The summed E-state index contributed by atoms with van der Waals surface area (Å²) >= 11 is 0. The Morgan fingerprint density at radius 3 is 2.43 bits per heavy atom. The average Bonchev–Trinajstić information content (AvgIpc) is 2.02. The van der Waals surface area contributed by atoms with Crippen molar-refractivity contribution in [2.75, 3.05) is 6.54 Å². The molecule has 0 amide bonds. The summed E-state index contributed by atoms with van der Waals surface area (Å²) in [5.41, 5.74) is -0.361. The maximum Gasteiger partial charge on any atom is 0.310 e. The SMILES string of the molecule is C[C@@H]1CC[C@@H](C(=O)OC(C)(C)C)CN1. The Morgan fingerprint density at radius 1 is 1.36 bits per heavy atom. The summed E-state index contributed by atoms with van der Waals surface area (Å²) in [6.07, 6.45) is 2.01. The molecule has 1 N–H and O–H groups in total. The smallest absolute Gasteiger partial charge is 0.310 e. The summed E-state index contributed by atoms with van der Waals surface area (Å²) in [5, 5.41) is 3.30. The van der Waals surface area contributed by atoms with Gasteiger partial charge in [0, 0.05) is 12.6 Å². The topological polar surface area (TPSA) is 38.3 Å². The molecule has 1 aliphatic heterocycles. The number of piperidine rings is 1. The molecule has 0 aromatic rings. The molecule has 1 rings (SSSR count). The molecule has 0 radical (unpaired) electrons. The van der Waals surface area contributed by atoms with Gasteiger partial charge in [-0.2, -0.15) is 0 Å². The van der Waals surface area contributed by atoms with Gasteiger partial charge in [0.05, 0.1) is 5.92 Å². The van der Waals surface area contributed by atoms with Crippen LogP contribution in [0.4, 0.5) is 0 Å². The van der Waals surface area contributed by atoms with E-state index in [-0.39, 0.29) is 17.5 Å². The van der Waals surface area contributed by atoms with E-state index in [1.54, 1.807) is 0 Å². The van der Waals surface area contributed by atoms with Gasteiger partial charge < -0.3 is 10.1 Å². The maximum absolute atomic E-state index is 11.7. The van der Waals surface area contributed by atoms with E-state index < -0.39 is 0 Å². The number of rotatable bonds is 1. The lowest BCUT2D eigenvalue weighted by molar-refractivity contribution is -0.160. The Kier molecular flexibility index (Phi) is 3.53. The van der Waals surface area contributed by atoms with E-state index in [9.17, 15) is 4.79 Å². The summed E-state index contributed by atoms with van der Waals surface area (Å²) in [5.74, 6) is -0.0117. The van der Waals surface area contributed by atoms with E-state index in [1.807, 2.05) is 20.8 Å². The summed E-state index contributed by atoms with van der Waals surface area (Å²) in [7, 11) is 0. The number of esters is 1. The van der Waals surface area contributed by atoms with Crippen molar-refractivity contribution in [3.05, 3.63) is 0 Å². The van der Waals surface area contributed by atoms with Crippen LogP contribution in [0.15, 0.2) is 0 Å². The van der Waals surface area contributed by atoms with Gasteiger partial charge in [0.1, 0.15) is 5.60 Å². The van der Waals surface area contributed by atoms with E-state index >= 15 is 0 Å². The zero-order valence-electron chi connectivity index (χ0n) is 9.59. The molecular weight excluding hydrogens is 178 g/mol. The van der Waals surface area contributed by atoms with Crippen molar-refractivity contribution in [3.8, 4) is 0 Å². The minimum Gasteiger partial charge on any atom is -0.460 e. The molecule has 3 nitrogen and oxygen atoms in total. The van der Waals surface area contributed by atoms with Crippen molar-refractivity contribution in [3.63, 3.8) is 0 Å². The molecule has 3 heteroatoms. The third kappa shape index (κ3) is 3.66. The van der Waals surface area contributed by atoms with Crippen LogP contribution < -0.4 is 5.32 Å². The summed E-state index contributed by atoms with van der Waals surface area (Å²) in [6.45, 7) is 8.62. The van der Waals surface area contributed by atoms with Crippen LogP contribution in [0.25, 0.3) is 0 Å². The Balaban J connectivity index is 2.38. The Bertz CT molecular complexity index is 200. The van der Waals surface area contributed by atoms with E-state index in [1.165, 1.54) is 0 Å². The molecule has 1 heterocycles. The van der Waals surface area contributed by atoms with Crippen LogP contribution >= 0.6 is 0 Å². The van der Waals surface area contributed by atoms with Crippen LogP contribution in [0.5, 0.6) is 0 Å². The highest BCUT2D eigenvalue weighted by atomic mass is 16.6. The van der Waals surface area contributed by atoms with Gasteiger partial charge in [0.2, 0.25) is 0 Å². The molecule has 0 bridgehead atoms. The third-order valence-corrected chi connectivity index (χ3v) is 2.40. The molecule has 1 fully saturated rings. The second-order valence-electron chi connectivity index (χ2n) is 5.12. The van der Waals surface area contributed by atoms with Crippen molar-refractivity contribution < 1.29 is 9.53 Å². The molecule has 0 aromatic carbocycles. The van der Waals surface area contributed by atoms with Gasteiger partial charge in [-0.15, -0.1) is 0 Å². The number of hydrogen-bond donors (Lipinski definition) is 1. The average molecular weight is 199 g/mol. The molecule has 0 aromatic heterocycles. The number of carbonyl (C=O) groups excluding carboxylic acids is 1. The van der Waals surface area contributed by atoms with E-state index in [0.29, 0.717) is 6.04 Å². The Morgan fingerprint density at radius 2 is 2.00 bits per heavy atom. The zero-order chi connectivity index (χ0) is 10.8. The largest absolute Gasteiger partial charge is 0.460 e. The first-order valence-corrected chi connectivity index (χ1v) is 5.35. The second-order valence-corrected chi connectivity index (χ2v) is 5.12. The molecule has 14 heavy (non-hydrogen) atoms. The molecule has 82 valence electrons. The normalized spacial score (nSPS) is 28.6. The van der Waals surface area contributed by atoms with E-state index in [4.69, 9.17) is 4.74 Å². The third-order valence-electron chi connectivity index (χ3n) is 2.40. The predicted molar refractivity (Wildman–Crippen MR) is 56.0 cm³/mol. The first-order chi connectivity index (χ1) is 6.38. The molecule has 0 saturated carbocycles. The van der Waals surface area contributed by atoms with Gasteiger partial charge in [-0.3, -0.25) is 4.79 Å². The summed E-state index contributed by atoms with van der Waals surface area (Å²) in [4.78, 5) is 11.7. The van der Waals surface area contributed by atoms with Gasteiger partial charge in [-0.1, -0.05) is 0 Å². The van der Waals surface area contributed by atoms with Gasteiger partial charge in [0.15, 0.2) is 0 Å². The predicted octanol–water partition coefficient (Wildman–Crippen LogP) is 1.72. The minimum absolute atomic E-state index is 0.0467. The molecule has 0 aliphatic carbocycles. The van der Waals surface area contributed by atoms with Crippen LogP contribution in [-0.2, 0) is 9.53 Å². The molecule has 0 spiro atoms. The van der Waals surface area contributed by atoms with Crippen LogP contribution in [0.1, 0.15) is 40.5 Å². The first-order valence-electron chi connectivity index (χ1n) is 5.35. The van der Waals surface area contributed by atoms with Gasteiger partial charge in [-0.05, 0) is 40.5 Å². The number of ether oxygens (including phenoxy) is 1. The van der Waals surface area contributed by atoms with Crippen LogP contribution in [-0.4, -0.2) is 24.2 Å². The second kappa shape index (κ2) is 4.30. The first kappa shape index (κ1) is 11.5. The Hall–Kier alpha value is -0.570. The maximum atomic E-state index is 11.7. The molecule has 0 unspecified atom stereocenters. The molecule has 1 aliphatic rings. The standard InChI is InChI=1S/C11H21NO2/c1-8-5-6-9(7-12-8)10(13)14-11(2,3)4/h8-9,12H,5-7H2,1-4H3/t8-,9-/m1/s1. The lowest BCUT2D eigenvalue weighted by Gasteiger charge is -2.29. The van der Waals surface area contributed by atoms with E-state index in [2.05, 4.69) is 12.2 Å². The Labute approximate surface area is 86.2 Å². The molecule has 1 saturated heterocycles.